The van der Waals surface area contributed by atoms with Gasteiger partial charge in [0.05, 0.1) is 16.5 Å². The maximum atomic E-state index is 13.7. The molecule has 0 aromatic heterocycles. The van der Waals surface area contributed by atoms with Crippen molar-refractivity contribution < 1.29 is 22.8 Å². The summed E-state index contributed by atoms with van der Waals surface area (Å²) >= 11 is 0. The number of carbonyl (C=O) groups is 2. The van der Waals surface area contributed by atoms with Crippen molar-refractivity contribution in [3.05, 3.63) is 53.1 Å². The number of benzene rings is 2. The van der Waals surface area contributed by atoms with Crippen molar-refractivity contribution in [2.45, 2.75) is 101 Å². The van der Waals surface area contributed by atoms with Crippen LogP contribution in [0.4, 0.5) is 30.2 Å². The molecule has 5 rings (SSSR count). The molecular formula is C30H38ClF3N4O2. The normalized spacial score (nSPS) is 22.6. The Morgan fingerprint density at radius 1 is 0.925 bits per heavy atom. The molecule has 0 spiro atoms. The third-order valence-corrected chi connectivity index (χ3v) is 8.52. The average Bonchev–Trinajstić information content (AvgIpc) is 3.12. The summed E-state index contributed by atoms with van der Waals surface area (Å²) in [6.07, 6.45) is 5.20. The van der Waals surface area contributed by atoms with Gasteiger partial charge in [-0.3, -0.25) is 9.59 Å². The molecule has 2 saturated carbocycles. The Balaban J connectivity index is 0.00000370. The third-order valence-electron chi connectivity index (χ3n) is 8.52. The Hall–Kier alpha value is -2.78. The molecule has 0 unspecified atom stereocenters. The Labute approximate surface area is 239 Å². The topological polar surface area (TPSA) is 82.3 Å². The second kappa shape index (κ2) is 12.0. The summed E-state index contributed by atoms with van der Waals surface area (Å²) in [6, 6.07) is 8.91. The van der Waals surface area contributed by atoms with Crippen LogP contribution in [0, 0.1) is 0 Å². The fourth-order valence-electron chi connectivity index (χ4n) is 6.18. The van der Waals surface area contributed by atoms with Crippen molar-refractivity contribution in [3.8, 4) is 0 Å². The summed E-state index contributed by atoms with van der Waals surface area (Å²) in [6.45, 7) is 3.66. The molecule has 10 heteroatoms. The van der Waals surface area contributed by atoms with E-state index in [0.717, 1.165) is 56.2 Å². The minimum atomic E-state index is -4.53. The smallest absolute Gasteiger partial charge is 0.380 e. The average molecular weight is 579 g/mol. The molecule has 0 bridgehead atoms. The highest BCUT2D eigenvalue weighted by atomic mass is 35.5. The standard InChI is InChI=1S/C30H37F3N4O2.ClH/c1-29(2)22-15-13-20(17-26(22)37-28(29)39)35-27(38)21-14-12-18(30(31,32)33)16-25(21)36-24-11-7-6-10-23(24)34-19-8-4-3-5-9-19;/h12-17,19,23-24,34,36H,3-11H2,1-2H3,(H,35,38)(H,37,39);1H/t23-,24-;/m0./s1. The summed E-state index contributed by atoms with van der Waals surface area (Å²) in [5.41, 5.74) is 0.761. The zero-order valence-electron chi connectivity index (χ0n) is 22.9. The lowest BCUT2D eigenvalue weighted by Gasteiger charge is -2.37. The van der Waals surface area contributed by atoms with E-state index < -0.39 is 23.1 Å². The van der Waals surface area contributed by atoms with Crippen molar-refractivity contribution >= 4 is 41.3 Å². The van der Waals surface area contributed by atoms with Crippen molar-refractivity contribution in [2.24, 2.45) is 0 Å². The molecule has 218 valence electrons. The molecule has 0 radical (unpaired) electrons. The zero-order chi connectivity index (χ0) is 27.8. The number of amides is 2. The van der Waals surface area contributed by atoms with E-state index in [1.165, 1.54) is 25.3 Å². The highest BCUT2D eigenvalue weighted by molar-refractivity contribution is 6.10. The fourth-order valence-corrected chi connectivity index (χ4v) is 6.18. The molecule has 1 heterocycles. The van der Waals surface area contributed by atoms with Crippen LogP contribution >= 0.6 is 12.4 Å². The molecule has 0 saturated heterocycles. The molecule has 6 nitrogen and oxygen atoms in total. The van der Waals surface area contributed by atoms with Gasteiger partial charge in [0.25, 0.3) is 5.91 Å². The first-order chi connectivity index (χ1) is 18.5. The molecule has 40 heavy (non-hydrogen) atoms. The summed E-state index contributed by atoms with van der Waals surface area (Å²) in [5.74, 6) is -0.638. The van der Waals surface area contributed by atoms with Crippen LogP contribution in [0.25, 0.3) is 0 Å². The molecule has 3 aliphatic rings. The van der Waals surface area contributed by atoms with Gasteiger partial charge in [-0.25, -0.2) is 0 Å². The van der Waals surface area contributed by atoms with E-state index in [4.69, 9.17) is 0 Å². The number of nitrogens with one attached hydrogen (secondary N) is 4. The van der Waals surface area contributed by atoms with E-state index in [9.17, 15) is 22.8 Å². The van der Waals surface area contributed by atoms with Gasteiger partial charge in [0.1, 0.15) is 0 Å². The molecule has 1 aliphatic heterocycles. The number of carbonyl (C=O) groups excluding carboxylic acids is 2. The van der Waals surface area contributed by atoms with Crippen molar-refractivity contribution in [1.29, 1.82) is 0 Å². The number of hydrogen-bond acceptors (Lipinski definition) is 4. The number of hydrogen-bond donors (Lipinski definition) is 4. The van der Waals surface area contributed by atoms with Crippen molar-refractivity contribution in [1.82, 2.24) is 5.32 Å². The lowest BCUT2D eigenvalue weighted by Crippen LogP contribution is -2.50. The highest BCUT2D eigenvalue weighted by Gasteiger charge is 2.38. The zero-order valence-corrected chi connectivity index (χ0v) is 23.7. The molecular weight excluding hydrogens is 541 g/mol. The minimum absolute atomic E-state index is 0. The van der Waals surface area contributed by atoms with E-state index >= 15 is 0 Å². The summed E-state index contributed by atoms with van der Waals surface area (Å²) < 4.78 is 41.0. The molecule has 2 fully saturated rings. The maximum Gasteiger partial charge on any atom is 0.416 e. The van der Waals surface area contributed by atoms with Crippen LogP contribution in [-0.4, -0.2) is 29.9 Å². The van der Waals surface area contributed by atoms with E-state index in [1.54, 1.807) is 18.2 Å². The molecule has 2 aromatic rings. The number of alkyl halides is 3. The first-order valence-corrected chi connectivity index (χ1v) is 14.0. The minimum Gasteiger partial charge on any atom is -0.380 e. The molecule has 2 amide bonds. The van der Waals surface area contributed by atoms with E-state index in [2.05, 4.69) is 21.3 Å². The van der Waals surface area contributed by atoms with Crippen LogP contribution in [0.15, 0.2) is 36.4 Å². The number of fused-ring (bicyclic) bond motifs is 1. The van der Waals surface area contributed by atoms with Crippen LogP contribution in [0.1, 0.15) is 93.1 Å². The van der Waals surface area contributed by atoms with Gasteiger partial charge in [0, 0.05) is 35.2 Å². The SMILES string of the molecule is CC1(C)C(=O)Nc2cc(NC(=O)c3ccc(C(F)(F)F)cc3N[C@H]3CCCC[C@@H]3NC3CCCCC3)ccc21.Cl. The van der Waals surface area contributed by atoms with Gasteiger partial charge in [0.2, 0.25) is 5.91 Å². The number of anilines is 3. The fraction of sp³-hybridized carbons (Fsp3) is 0.533. The van der Waals surface area contributed by atoms with Gasteiger partial charge in [-0.2, -0.15) is 13.2 Å². The summed E-state index contributed by atoms with van der Waals surface area (Å²) in [5, 5.41) is 12.8. The van der Waals surface area contributed by atoms with Crippen LogP contribution in [0.2, 0.25) is 0 Å². The number of halogens is 4. The van der Waals surface area contributed by atoms with Crippen LogP contribution in [0.5, 0.6) is 0 Å². The van der Waals surface area contributed by atoms with Crippen LogP contribution < -0.4 is 21.3 Å². The first-order valence-electron chi connectivity index (χ1n) is 14.0. The van der Waals surface area contributed by atoms with Crippen LogP contribution in [0.3, 0.4) is 0 Å². The van der Waals surface area contributed by atoms with Crippen molar-refractivity contribution in [2.75, 3.05) is 16.0 Å². The molecule has 2 atom stereocenters. The highest BCUT2D eigenvalue weighted by Crippen LogP contribution is 2.39. The van der Waals surface area contributed by atoms with Gasteiger partial charge in [-0.15, -0.1) is 12.4 Å². The van der Waals surface area contributed by atoms with E-state index in [-0.39, 0.29) is 41.6 Å². The molecule has 2 aromatic carbocycles. The molecule has 2 aliphatic carbocycles. The molecule has 4 N–H and O–H groups in total. The largest absolute Gasteiger partial charge is 0.416 e. The lowest BCUT2D eigenvalue weighted by atomic mass is 9.86. The van der Waals surface area contributed by atoms with Gasteiger partial charge in [0.15, 0.2) is 0 Å². The third kappa shape index (κ3) is 6.41. The quantitative estimate of drug-likeness (QED) is 0.291. The monoisotopic (exact) mass is 578 g/mol. The Bertz CT molecular complexity index is 1240. The summed E-state index contributed by atoms with van der Waals surface area (Å²) in [4.78, 5) is 25.7. The number of rotatable bonds is 6. The lowest BCUT2D eigenvalue weighted by molar-refractivity contribution is -0.137. The second-order valence-corrected chi connectivity index (χ2v) is 11.7. The predicted octanol–water partition coefficient (Wildman–Crippen LogP) is 7.25. The predicted molar refractivity (Wildman–Crippen MR) is 154 cm³/mol. The maximum absolute atomic E-state index is 13.7. The van der Waals surface area contributed by atoms with Crippen LogP contribution in [-0.2, 0) is 16.4 Å². The van der Waals surface area contributed by atoms with Gasteiger partial charge in [-0.05, 0) is 75.4 Å². The van der Waals surface area contributed by atoms with Gasteiger partial charge >= 0.3 is 6.18 Å². The Kier molecular flexibility index (Phi) is 9.05. The second-order valence-electron chi connectivity index (χ2n) is 11.7. The van der Waals surface area contributed by atoms with E-state index in [1.807, 2.05) is 13.8 Å². The Morgan fingerprint density at radius 2 is 1.60 bits per heavy atom. The Morgan fingerprint density at radius 3 is 2.30 bits per heavy atom. The van der Waals surface area contributed by atoms with E-state index in [0.29, 0.717) is 17.4 Å². The van der Waals surface area contributed by atoms with Gasteiger partial charge < -0.3 is 21.3 Å². The first kappa shape index (κ1) is 30.2. The summed E-state index contributed by atoms with van der Waals surface area (Å²) in [7, 11) is 0. The van der Waals surface area contributed by atoms with Crippen molar-refractivity contribution in [3.63, 3.8) is 0 Å². The van der Waals surface area contributed by atoms with Gasteiger partial charge in [-0.1, -0.05) is 38.2 Å².